The summed E-state index contributed by atoms with van der Waals surface area (Å²) in [6.07, 6.45) is 5.09. The summed E-state index contributed by atoms with van der Waals surface area (Å²) >= 11 is 1.77. The van der Waals surface area contributed by atoms with Crippen LogP contribution in [0.25, 0.3) is 0 Å². The second-order valence-electron chi connectivity index (χ2n) is 5.17. The molecule has 2 N–H and O–H groups in total. The van der Waals surface area contributed by atoms with Crippen LogP contribution in [-0.4, -0.2) is 16.7 Å². The predicted octanol–water partition coefficient (Wildman–Crippen LogP) is 2.04. The Morgan fingerprint density at radius 2 is 2.15 bits per heavy atom. The van der Waals surface area contributed by atoms with Crippen LogP contribution in [0.5, 0.6) is 0 Å². The number of nitrogens with one attached hydrogen (secondary N) is 2. The lowest BCUT2D eigenvalue weighted by Gasteiger charge is -2.17. The van der Waals surface area contributed by atoms with Crippen LogP contribution in [0.15, 0.2) is 22.3 Å². The average molecular weight is 289 g/mol. The van der Waals surface area contributed by atoms with Crippen LogP contribution in [0, 0.1) is 0 Å². The lowest BCUT2D eigenvalue weighted by Crippen LogP contribution is -2.25. The molecule has 2 aromatic rings. The van der Waals surface area contributed by atoms with E-state index >= 15 is 0 Å². The highest BCUT2D eigenvalue weighted by molar-refractivity contribution is 7.09. The summed E-state index contributed by atoms with van der Waals surface area (Å²) in [5.74, 6) is 0. The minimum absolute atomic E-state index is 0.00925. The summed E-state index contributed by atoms with van der Waals surface area (Å²) in [4.78, 5) is 13.1. The van der Waals surface area contributed by atoms with Crippen molar-refractivity contribution in [2.75, 3.05) is 6.54 Å². The minimum Gasteiger partial charge on any atom is -0.311 e. The van der Waals surface area contributed by atoms with Gasteiger partial charge in [0.2, 0.25) is 0 Å². The molecular formula is C15H19N3OS. The van der Waals surface area contributed by atoms with Crippen LogP contribution in [0.4, 0.5) is 0 Å². The van der Waals surface area contributed by atoms with E-state index in [1.165, 1.54) is 16.9 Å². The maximum absolute atomic E-state index is 11.8. The average Bonchev–Trinajstić information content (AvgIpc) is 2.99. The van der Waals surface area contributed by atoms with Gasteiger partial charge in [-0.05, 0) is 42.7 Å². The summed E-state index contributed by atoms with van der Waals surface area (Å²) in [5.41, 5.74) is 3.26. The van der Waals surface area contributed by atoms with Crippen molar-refractivity contribution in [3.05, 3.63) is 49.6 Å². The molecule has 5 heteroatoms. The number of hydrogen-bond donors (Lipinski definition) is 2. The van der Waals surface area contributed by atoms with Crippen molar-refractivity contribution in [1.82, 2.24) is 15.5 Å². The fraction of sp³-hybridized carbons (Fsp3) is 0.467. The zero-order valence-electron chi connectivity index (χ0n) is 11.4. The summed E-state index contributed by atoms with van der Waals surface area (Å²) in [6, 6.07) is 4.21. The molecule has 0 saturated carbocycles. The molecule has 106 valence electrons. The van der Waals surface area contributed by atoms with Crippen molar-refractivity contribution in [1.29, 1.82) is 0 Å². The lowest BCUT2D eigenvalue weighted by atomic mass is 9.91. The third kappa shape index (κ3) is 2.99. The zero-order valence-corrected chi connectivity index (χ0v) is 12.3. The molecular weight excluding hydrogens is 270 g/mol. The Kier molecular flexibility index (Phi) is 4.28. The van der Waals surface area contributed by atoms with Gasteiger partial charge in [-0.15, -0.1) is 11.3 Å². The van der Waals surface area contributed by atoms with Crippen molar-refractivity contribution >= 4 is 11.3 Å². The lowest BCUT2D eigenvalue weighted by molar-refractivity contribution is 0.632. The number of hydrogen-bond acceptors (Lipinski definition) is 4. The van der Waals surface area contributed by atoms with Crippen LogP contribution in [0.3, 0.4) is 0 Å². The van der Waals surface area contributed by atoms with Crippen LogP contribution >= 0.6 is 11.3 Å². The summed E-state index contributed by atoms with van der Waals surface area (Å²) < 4.78 is 0. The van der Waals surface area contributed by atoms with Gasteiger partial charge < -0.3 is 5.32 Å². The topological polar surface area (TPSA) is 57.8 Å². The molecule has 20 heavy (non-hydrogen) atoms. The van der Waals surface area contributed by atoms with Gasteiger partial charge in [0, 0.05) is 30.0 Å². The summed E-state index contributed by atoms with van der Waals surface area (Å²) in [5, 5.41) is 12.4. The van der Waals surface area contributed by atoms with E-state index < -0.39 is 0 Å². The first-order chi connectivity index (χ1) is 9.84. The third-order valence-corrected chi connectivity index (χ3v) is 4.68. The largest absolute Gasteiger partial charge is 0.311 e. The molecule has 0 radical (unpaired) electrons. The van der Waals surface area contributed by atoms with Gasteiger partial charge in [0.05, 0.1) is 5.69 Å². The fourth-order valence-corrected chi connectivity index (χ4v) is 3.44. The number of aromatic amines is 1. The molecule has 0 unspecified atom stereocenters. The number of H-pyrrole nitrogens is 1. The van der Waals surface area contributed by atoms with Crippen molar-refractivity contribution in [2.24, 2.45) is 0 Å². The molecule has 2 aromatic heterocycles. The first-order valence-electron chi connectivity index (χ1n) is 7.17. The molecule has 0 spiro atoms. The Morgan fingerprint density at radius 1 is 1.30 bits per heavy atom. The molecule has 1 aliphatic rings. The smallest absolute Gasteiger partial charge is 0.267 e. The number of fused-ring (bicyclic) bond motifs is 1. The summed E-state index contributed by atoms with van der Waals surface area (Å²) in [6.45, 7) is 1.80. The van der Waals surface area contributed by atoms with Gasteiger partial charge in [0.15, 0.2) is 0 Å². The summed E-state index contributed by atoms with van der Waals surface area (Å²) in [7, 11) is 0. The quantitative estimate of drug-likeness (QED) is 0.828. The maximum Gasteiger partial charge on any atom is 0.267 e. The van der Waals surface area contributed by atoms with Crippen LogP contribution in [0.2, 0.25) is 0 Å². The number of nitrogens with zero attached hydrogens (tertiary/aromatic N) is 1. The van der Waals surface area contributed by atoms with E-state index in [-0.39, 0.29) is 5.56 Å². The van der Waals surface area contributed by atoms with E-state index in [9.17, 15) is 4.79 Å². The molecule has 0 saturated heterocycles. The molecule has 4 nitrogen and oxygen atoms in total. The van der Waals surface area contributed by atoms with E-state index in [0.29, 0.717) is 0 Å². The van der Waals surface area contributed by atoms with E-state index in [0.717, 1.165) is 50.0 Å². The van der Waals surface area contributed by atoms with Crippen molar-refractivity contribution in [3.8, 4) is 0 Å². The Labute approximate surface area is 122 Å². The second-order valence-corrected chi connectivity index (χ2v) is 6.20. The van der Waals surface area contributed by atoms with Gasteiger partial charge in [-0.3, -0.25) is 4.79 Å². The number of thiophene rings is 1. The van der Waals surface area contributed by atoms with Gasteiger partial charge >= 0.3 is 0 Å². The van der Waals surface area contributed by atoms with Crippen LogP contribution < -0.4 is 10.9 Å². The Hall–Kier alpha value is -1.46. The third-order valence-electron chi connectivity index (χ3n) is 3.80. The molecule has 1 aliphatic carbocycles. The standard InChI is InChI=1S/C15H19N3OS/c19-15-13-6-2-1-5-12(13)14(17-18-15)7-8-16-10-11-4-3-9-20-11/h3-4,9,16H,1-2,5-8,10H2,(H,18,19). The van der Waals surface area contributed by atoms with Crippen molar-refractivity contribution in [2.45, 2.75) is 38.6 Å². The molecule has 3 rings (SSSR count). The molecule has 0 aliphatic heterocycles. The first-order valence-corrected chi connectivity index (χ1v) is 8.05. The highest BCUT2D eigenvalue weighted by atomic mass is 32.1. The Balaban J connectivity index is 1.61. The molecule has 0 amide bonds. The normalized spacial score (nSPS) is 14.2. The van der Waals surface area contributed by atoms with Crippen LogP contribution in [0.1, 0.15) is 34.5 Å². The molecule has 0 aromatic carbocycles. The SMILES string of the molecule is O=c1[nH]nc(CCNCc2cccs2)c2c1CCCC2. The Morgan fingerprint density at radius 3 is 2.95 bits per heavy atom. The highest BCUT2D eigenvalue weighted by Gasteiger charge is 2.17. The van der Waals surface area contributed by atoms with Gasteiger partial charge in [0.1, 0.15) is 0 Å². The monoisotopic (exact) mass is 289 g/mol. The Bertz CT molecular complexity index is 619. The minimum atomic E-state index is 0.00925. The van der Waals surface area contributed by atoms with Crippen molar-refractivity contribution < 1.29 is 0 Å². The maximum atomic E-state index is 11.8. The predicted molar refractivity (Wildman–Crippen MR) is 81.2 cm³/mol. The second kappa shape index (κ2) is 6.33. The molecule has 0 bridgehead atoms. The van der Waals surface area contributed by atoms with E-state index in [1.807, 2.05) is 0 Å². The highest BCUT2D eigenvalue weighted by Crippen LogP contribution is 2.20. The zero-order chi connectivity index (χ0) is 13.8. The van der Waals surface area contributed by atoms with Gasteiger partial charge in [-0.1, -0.05) is 6.07 Å². The molecule has 0 atom stereocenters. The van der Waals surface area contributed by atoms with E-state index in [4.69, 9.17) is 0 Å². The molecule has 2 heterocycles. The van der Waals surface area contributed by atoms with Crippen molar-refractivity contribution in [3.63, 3.8) is 0 Å². The van der Waals surface area contributed by atoms with E-state index in [1.54, 1.807) is 11.3 Å². The number of aromatic nitrogens is 2. The first kappa shape index (κ1) is 13.5. The van der Waals surface area contributed by atoms with E-state index in [2.05, 4.69) is 33.0 Å². The fourth-order valence-electron chi connectivity index (χ4n) is 2.77. The number of rotatable bonds is 5. The van der Waals surface area contributed by atoms with Gasteiger partial charge in [0.25, 0.3) is 5.56 Å². The van der Waals surface area contributed by atoms with Gasteiger partial charge in [-0.25, -0.2) is 5.10 Å². The van der Waals surface area contributed by atoms with Gasteiger partial charge in [-0.2, -0.15) is 5.10 Å². The van der Waals surface area contributed by atoms with Crippen LogP contribution in [-0.2, 0) is 25.8 Å². The molecule has 0 fully saturated rings.